The number of carbonyl (C=O) groups excluding carboxylic acids is 2. The van der Waals surface area contributed by atoms with Crippen LogP contribution in [0.1, 0.15) is 47.1 Å². The second-order valence-electron chi connectivity index (χ2n) is 11.5. The lowest BCUT2D eigenvalue weighted by atomic mass is 10.1. The van der Waals surface area contributed by atoms with Gasteiger partial charge in [-0.2, -0.15) is 5.10 Å². The lowest BCUT2D eigenvalue weighted by Gasteiger charge is -2.35. The molecule has 222 valence electrons. The molecule has 1 saturated heterocycles. The lowest BCUT2D eigenvalue weighted by Crippen LogP contribution is -2.49. The highest BCUT2D eigenvalue weighted by Gasteiger charge is 2.42. The van der Waals surface area contributed by atoms with E-state index in [2.05, 4.69) is 22.5 Å². The summed E-state index contributed by atoms with van der Waals surface area (Å²) >= 11 is 0. The largest absolute Gasteiger partial charge is 0.353 e. The first kappa shape index (κ1) is 28.3. The van der Waals surface area contributed by atoms with Crippen molar-refractivity contribution in [3.63, 3.8) is 0 Å². The topological polar surface area (TPSA) is 95.4 Å². The van der Waals surface area contributed by atoms with Crippen LogP contribution in [-0.4, -0.2) is 57.8 Å². The number of benzene rings is 2. The van der Waals surface area contributed by atoms with Crippen molar-refractivity contribution in [3.8, 4) is 5.69 Å². The molecule has 2 N–H and O–H groups in total. The molecule has 6 rings (SSSR count). The Morgan fingerprint density at radius 3 is 2.19 bits per heavy atom. The van der Waals surface area contributed by atoms with Crippen LogP contribution >= 0.6 is 0 Å². The van der Waals surface area contributed by atoms with Crippen LogP contribution in [0.15, 0.2) is 60.7 Å². The van der Waals surface area contributed by atoms with Crippen LogP contribution in [0.4, 0.5) is 30.9 Å². The molecular weight excluding hydrogens is 552 g/mol. The first-order chi connectivity index (χ1) is 20.6. The van der Waals surface area contributed by atoms with Gasteiger partial charge in [0.2, 0.25) is 0 Å². The number of aromatic nitrogens is 3. The highest BCUT2D eigenvalue weighted by Crippen LogP contribution is 2.47. The summed E-state index contributed by atoms with van der Waals surface area (Å²) in [6, 6.07) is 16.5. The van der Waals surface area contributed by atoms with E-state index in [1.54, 1.807) is 16.8 Å². The molecule has 11 heteroatoms. The van der Waals surface area contributed by atoms with E-state index in [4.69, 9.17) is 5.10 Å². The third-order valence-corrected chi connectivity index (χ3v) is 8.23. The number of piperazine rings is 1. The normalized spacial score (nSPS) is 15.7. The number of carbonyl (C=O) groups is 2. The third-order valence-electron chi connectivity index (χ3n) is 8.23. The fourth-order valence-corrected chi connectivity index (χ4v) is 5.22. The molecule has 1 aliphatic heterocycles. The number of hydrogen-bond donors (Lipinski definition) is 2. The molecule has 3 heterocycles. The number of anilines is 3. The number of aryl methyl sites for hydroxylation is 2. The first-order valence-electron chi connectivity index (χ1n) is 14.3. The molecule has 2 aliphatic rings. The summed E-state index contributed by atoms with van der Waals surface area (Å²) < 4.78 is 30.0. The van der Waals surface area contributed by atoms with Gasteiger partial charge in [0.1, 0.15) is 28.8 Å². The highest BCUT2D eigenvalue weighted by atomic mass is 19.1. The Morgan fingerprint density at radius 2 is 1.56 bits per heavy atom. The molecule has 3 amide bonds. The standard InChI is InChI=1S/C32H33F2N7O2/c1-20-7-9-22(10-8-20)41-28(19-26(38-41)32(3)13-14-32)37-31(43)36-25-11-12-27(35-21(25)2)39-15-17-40(18-16-39)30(42)29-23(33)5-4-6-24(29)34/h4-12,19H,13-18H2,1-3H3,(H2,36,37,43). The molecule has 1 saturated carbocycles. The van der Waals surface area contributed by atoms with Crippen molar-refractivity contribution in [2.45, 2.75) is 39.0 Å². The molecule has 0 bridgehead atoms. The smallest absolute Gasteiger partial charge is 0.324 e. The van der Waals surface area contributed by atoms with Crippen LogP contribution in [0.25, 0.3) is 5.69 Å². The van der Waals surface area contributed by atoms with Crippen molar-refractivity contribution in [2.24, 2.45) is 0 Å². The maximum Gasteiger partial charge on any atom is 0.324 e. The number of amides is 3. The second-order valence-corrected chi connectivity index (χ2v) is 11.5. The average Bonchev–Trinajstić information content (AvgIpc) is 3.60. The Balaban J connectivity index is 1.11. The molecule has 9 nitrogen and oxygen atoms in total. The number of nitrogens with zero attached hydrogens (tertiary/aromatic N) is 5. The number of rotatable bonds is 6. The third kappa shape index (κ3) is 5.79. The van der Waals surface area contributed by atoms with E-state index in [0.717, 1.165) is 41.9 Å². The summed E-state index contributed by atoms with van der Waals surface area (Å²) in [5.74, 6) is -1.13. The fraction of sp³-hybridized carbons (Fsp3) is 0.312. The molecule has 0 atom stereocenters. The van der Waals surface area contributed by atoms with Gasteiger partial charge in [-0.1, -0.05) is 30.7 Å². The van der Waals surface area contributed by atoms with E-state index in [-0.39, 0.29) is 5.41 Å². The van der Waals surface area contributed by atoms with Crippen LogP contribution < -0.4 is 15.5 Å². The predicted molar refractivity (Wildman–Crippen MR) is 161 cm³/mol. The van der Waals surface area contributed by atoms with Gasteiger partial charge in [0.05, 0.1) is 22.8 Å². The van der Waals surface area contributed by atoms with E-state index < -0.39 is 29.1 Å². The van der Waals surface area contributed by atoms with Gasteiger partial charge in [0, 0.05) is 37.7 Å². The Morgan fingerprint density at radius 1 is 0.884 bits per heavy atom. The van der Waals surface area contributed by atoms with E-state index in [9.17, 15) is 18.4 Å². The van der Waals surface area contributed by atoms with Gasteiger partial charge in [-0.25, -0.2) is 23.2 Å². The Labute approximate surface area is 248 Å². The van der Waals surface area contributed by atoms with Gasteiger partial charge in [-0.3, -0.25) is 10.1 Å². The SMILES string of the molecule is Cc1ccc(-n2nc(C3(C)CC3)cc2NC(=O)Nc2ccc(N3CCN(C(=O)c4c(F)cccc4F)CC3)nc2C)cc1. The van der Waals surface area contributed by atoms with Crippen LogP contribution in [0.2, 0.25) is 0 Å². The van der Waals surface area contributed by atoms with E-state index in [1.165, 1.54) is 11.0 Å². The number of urea groups is 1. The minimum Gasteiger partial charge on any atom is -0.353 e. The number of halogens is 2. The summed E-state index contributed by atoms with van der Waals surface area (Å²) in [5, 5.41) is 10.7. The highest BCUT2D eigenvalue weighted by molar-refractivity contribution is 6.00. The van der Waals surface area contributed by atoms with Crippen LogP contribution in [0.3, 0.4) is 0 Å². The maximum atomic E-state index is 14.1. The van der Waals surface area contributed by atoms with E-state index >= 15 is 0 Å². The zero-order chi connectivity index (χ0) is 30.3. The first-order valence-corrected chi connectivity index (χ1v) is 14.3. The molecule has 2 aromatic carbocycles. The molecule has 0 spiro atoms. The van der Waals surface area contributed by atoms with Crippen molar-refractivity contribution in [1.82, 2.24) is 19.7 Å². The summed E-state index contributed by atoms with van der Waals surface area (Å²) in [5.41, 5.74) is 3.63. The van der Waals surface area contributed by atoms with Gasteiger partial charge in [-0.15, -0.1) is 0 Å². The molecular formula is C32H33F2N7O2. The molecule has 43 heavy (non-hydrogen) atoms. The summed E-state index contributed by atoms with van der Waals surface area (Å²) in [4.78, 5) is 34.0. The number of pyridine rings is 1. The fourth-order valence-electron chi connectivity index (χ4n) is 5.22. The van der Waals surface area contributed by atoms with Crippen molar-refractivity contribution in [3.05, 3.63) is 94.8 Å². The zero-order valence-electron chi connectivity index (χ0n) is 24.3. The lowest BCUT2D eigenvalue weighted by molar-refractivity contribution is 0.0736. The summed E-state index contributed by atoms with van der Waals surface area (Å²) in [6.45, 7) is 7.50. The molecule has 1 aliphatic carbocycles. The Bertz CT molecular complexity index is 1670. The molecule has 0 unspecified atom stereocenters. The molecule has 4 aromatic rings. The molecule has 0 radical (unpaired) electrons. The van der Waals surface area contributed by atoms with E-state index in [1.807, 2.05) is 49.1 Å². The zero-order valence-corrected chi connectivity index (χ0v) is 24.3. The van der Waals surface area contributed by atoms with Gasteiger partial charge < -0.3 is 15.1 Å². The Hall–Kier alpha value is -4.80. The van der Waals surface area contributed by atoms with E-state index in [0.29, 0.717) is 49.2 Å². The molecule has 2 aromatic heterocycles. The maximum absolute atomic E-state index is 14.1. The van der Waals surface area contributed by atoms with Crippen molar-refractivity contribution < 1.29 is 18.4 Å². The van der Waals surface area contributed by atoms with Gasteiger partial charge >= 0.3 is 6.03 Å². The summed E-state index contributed by atoms with van der Waals surface area (Å²) in [7, 11) is 0. The van der Waals surface area contributed by atoms with Gasteiger partial charge in [0.25, 0.3) is 5.91 Å². The summed E-state index contributed by atoms with van der Waals surface area (Å²) in [6.07, 6.45) is 2.13. The molecule has 2 fully saturated rings. The minimum atomic E-state index is -0.867. The van der Waals surface area contributed by atoms with Gasteiger partial charge in [-0.05, 0) is 63.1 Å². The number of nitrogens with one attached hydrogen (secondary N) is 2. The predicted octanol–water partition coefficient (Wildman–Crippen LogP) is 5.82. The Kier molecular flexibility index (Phi) is 7.33. The minimum absolute atomic E-state index is 0.0336. The van der Waals surface area contributed by atoms with Crippen LogP contribution in [0.5, 0.6) is 0 Å². The quantitative estimate of drug-likeness (QED) is 0.297. The van der Waals surface area contributed by atoms with Crippen molar-refractivity contribution in [2.75, 3.05) is 41.7 Å². The van der Waals surface area contributed by atoms with Crippen molar-refractivity contribution >= 4 is 29.3 Å². The second kappa shape index (κ2) is 11.1. The van der Waals surface area contributed by atoms with Crippen molar-refractivity contribution in [1.29, 1.82) is 0 Å². The number of hydrogen-bond acceptors (Lipinski definition) is 5. The van der Waals surface area contributed by atoms with Gasteiger partial charge in [0.15, 0.2) is 0 Å². The average molecular weight is 586 g/mol. The monoisotopic (exact) mass is 585 g/mol. The van der Waals surface area contributed by atoms with Crippen LogP contribution in [0, 0.1) is 25.5 Å². The van der Waals surface area contributed by atoms with Crippen LogP contribution in [-0.2, 0) is 5.41 Å².